The lowest BCUT2D eigenvalue weighted by atomic mass is 10.2. The molecule has 0 radical (unpaired) electrons. The predicted molar refractivity (Wildman–Crippen MR) is 100 cm³/mol. The zero-order valence-corrected chi connectivity index (χ0v) is 15.4. The molecule has 0 aliphatic carbocycles. The standard InChI is InChI=1S/C19H24N4O4/c1-27-17-6-3-2-5-16(17)23-11-9-22(10-12-23)14-15(13-20)19(26)21-8-4-7-18(24)25/h2-3,5-6,14H,4,7-12H2,1H3,(H,21,26)(H,24,25)/b15-14-. The summed E-state index contributed by atoms with van der Waals surface area (Å²) in [6.45, 7) is 3.07. The van der Waals surface area contributed by atoms with E-state index in [0.29, 0.717) is 19.5 Å². The van der Waals surface area contributed by atoms with Gasteiger partial charge in [0.05, 0.1) is 12.8 Å². The minimum atomic E-state index is -0.909. The molecule has 1 aliphatic rings. The third-order valence-corrected chi connectivity index (χ3v) is 4.27. The van der Waals surface area contributed by atoms with Crippen molar-refractivity contribution in [2.75, 3.05) is 44.7 Å². The van der Waals surface area contributed by atoms with Crippen molar-refractivity contribution in [1.82, 2.24) is 10.2 Å². The van der Waals surface area contributed by atoms with Crippen LogP contribution in [0.3, 0.4) is 0 Å². The highest BCUT2D eigenvalue weighted by Gasteiger charge is 2.19. The summed E-state index contributed by atoms with van der Waals surface area (Å²) in [5.41, 5.74) is 1.05. The smallest absolute Gasteiger partial charge is 0.303 e. The van der Waals surface area contributed by atoms with E-state index in [-0.39, 0.29) is 18.5 Å². The summed E-state index contributed by atoms with van der Waals surface area (Å²) in [6, 6.07) is 9.74. The number of carbonyl (C=O) groups is 2. The number of nitrogens with one attached hydrogen (secondary N) is 1. The number of anilines is 1. The molecular weight excluding hydrogens is 348 g/mol. The van der Waals surface area contributed by atoms with Gasteiger partial charge < -0.3 is 25.0 Å². The van der Waals surface area contributed by atoms with E-state index in [1.807, 2.05) is 35.2 Å². The van der Waals surface area contributed by atoms with E-state index < -0.39 is 11.9 Å². The van der Waals surface area contributed by atoms with E-state index in [1.165, 1.54) is 0 Å². The largest absolute Gasteiger partial charge is 0.495 e. The van der Waals surface area contributed by atoms with Crippen LogP contribution in [0, 0.1) is 11.3 Å². The third kappa shape index (κ3) is 5.92. The second kappa shape index (κ2) is 10.1. The Hall–Kier alpha value is -3.21. The first-order valence-corrected chi connectivity index (χ1v) is 8.79. The fraction of sp³-hybridized carbons (Fsp3) is 0.421. The van der Waals surface area contributed by atoms with E-state index in [0.717, 1.165) is 24.5 Å². The fourth-order valence-corrected chi connectivity index (χ4v) is 2.84. The summed E-state index contributed by atoms with van der Waals surface area (Å²) in [5.74, 6) is -0.566. The van der Waals surface area contributed by atoms with Crippen molar-refractivity contribution >= 4 is 17.6 Å². The number of methoxy groups -OCH3 is 1. The minimum Gasteiger partial charge on any atom is -0.495 e. The van der Waals surface area contributed by atoms with E-state index >= 15 is 0 Å². The zero-order chi connectivity index (χ0) is 19.6. The van der Waals surface area contributed by atoms with Gasteiger partial charge in [-0.05, 0) is 18.6 Å². The summed E-state index contributed by atoms with van der Waals surface area (Å²) in [7, 11) is 1.64. The quantitative estimate of drug-likeness (QED) is 0.401. The lowest BCUT2D eigenvalue weighted by Crippen LogP contribution is -2.44. The number of benzene rings is 1. The number of ether oxygens (including phenoxy) is 1. The van der Waals surface area contributed by atoms with Gasteiger partial charge in [0.1, 0.15) is 17.4 Å². The number of hydrogen-bond acceptors (Lipinski definition) is 6. The van der Waals surface area contributed by atoms with Gasteiger partial charge in [0.25, 0.3) is 5.91 Å². The first-order valence-electron chi connectivity index (χ1n) is 8.79. The Morgan fingerprint density at radius 2 is 2.00 bits per heavy atom. The van der Waals surface area contributed by atoms with Crippen LogP contribution >= 0.6 is 0 Å². The third-order valence-electron chi connectivity index (χ3n) is 4.27. The Bertz CT molecular complexity index is 733. The Kier molecular flexibility index (Phi) is 7.49. The molecular formula is C19H24N4O4. The fourth-order valence-electron chi connectivity index (χ4n) is 2.84. The average Bonchev–Trinajstić information content (AvgIpc) is 2.69. The first kappa shape index (κ1) is 20.1. The monoisotopic (exact) mass is 372 g/mol. The second-order valence-corrected chi connectivity index (χ2v) is 6.10. The highest BCUT2D eigenvalue weighted by molar-refractivity contribution is 5.97. The predicted octanol–water partition coefficient (Wildman–Crippen LogP) is 1.21. The van der Waals surface area contributed by atoms with Gasteiger partial charge in [-0.2, -0.15) is 5.26 Å². The highest BCUT2D eigenvalue weighted by Crippen LogP contribution is 2.28. The van der Waals surface area contributed by atoms with Crippen molar-refractivity contribution in [2.24, 2.45) is 0 Å². The number of hydrogen-bond donors (Lipinski definition) is 2. The molecule has 1 saturated heterocycles. The van der Waals surface area contributed by atoms with Crippen LogP contribution in [0.4, 0.5) is 5.69 Å². The van der Waals surface area contributed by atoms with Gasteiger partial charge in [0, 0.05) is 45.3 Å². The molecule has 1 aliphatic heterocycles. The number of carbonyl (C=O) groups excluding carboxylic acids is 1. The number of piperazine rings is 1. The number of amides is 1. The van der Waals surface area contributed by atoms with E-state index in [9.17, 15) is 14.9 Å². The molecule has 2 N–H and O–H groups in total. The van der Waals surface area contributed by atoms with Crippen molar-refractivity contribution in [2.45, 2.75) is 12.8 Å². The Morgan fingerprint density at radius 3 is 2.63 bits per heavy atom. The van der Waals surface area contributed by atoms with Gasteiger partial charge in [0.2, 0.25) is 0 Å². The van der Waals surface area contributed by atoms with Crippen LogP contribution in [0.5, 0.6) is 5.75 Å². The average molecular weight is 372 g/mol. The summed E-state index contributed by atoms with van der Waals surface area (Å²) in [4.78, 5) is 26.7. The Labute approximate surface area is 158 Å². The number of nitriles is 1. The van der Waals surface area contributed by atoms with Crippen molar-refractivity contribution in [3.63, 3.8) is 0 Å². The van der Waals surface area contributed by atoms with Crippen molar-refractivity contribution in [3.8, 4) is 11.8 Å². The molecule has 0 saturated carbocycles. The molecule has 1 fully saturated rings. The number of nitrogens with zero attached hydrogens (tertiary/aromatic N) is 3. The normalized spacial score (nSPS) is 14.4. The van der Waals surface area contributed by atoms with Crippen LogP contribution in [-0.2, 0) is 9.59 Å². The van der Waals surface area contributed by atoms with Gasteiger partial charge in [-0.25, -0.2) is 0 Å². The molecule has 0 atom stereocenters. The molecule has 0 bridgehead atoms. The van der Waals surface area contributed by atoms with Crippen LogP contribution < -0.4 is 15.0 Å². The molecule has 1 aromatic rings. The SMILES string of the molecule is COc1ccccc1N1CCN(/C=C(/C#N)C(=O)NCCCC(=O)O)CC1. The topological polar surface area (TPSA) is 106 Å². The number of rotatable bonds is 8. The molecule has 27 heavy (non-hydrogen) atoms. The Balaban J connectivity index is 1.89. The zero-order valence-electron chi connectivity index (χ0n) is 15.4. The summed E-state index contributed by atoms with van der Waals surface area (Å²) in [6.07, 6.45) is 1.89. The molecule has 0 aromatic heterocycles. The molecule has 144 valence electrons. The lowest BCUT2D eigenvalue weighted by Gasteiger charge is -2.36. The van der Waals surface area contributed by atoms with Gasteiger partial charge in [-0.15, -0.1) is 0 Å². The van der Waals surface area contributed by atoms with Gasteiger partial charge >= 0.3 is 5.97 Å². The molecule has 0 spiro atoms. The van der Waals surface area contributed by atoms with Crippen molar-refractivity contribution in [1.29, 1.82) is 5.26 Å². The maximum atomic E-state index is 12.1. The van der Waals surface area contributed by atoms with Crippen molar-refractivity contribution < 1.29 is 19.4 Å². The van der Waals surface area contributed by atoms with E-state index in [1.54, 1.807) is 13.3 Å². The second-order valence-electron chi connectivity index (χ2n) is 6.10. The number of carboxylic acid groups (broad SMARTS) is 1. The van der Waals surface area contributed by atoms with Gasteiger partial charge in [0.15, 0.2) is 0 Å². The lowest BCUT2D eigenvalue weighted by molar-refractivity contribution is -0.137. The van der Waals surface area contributed by atoms with E-state index in [2.05, 4.69) is 10.2 Å². The summed E-state index contributed by atoms with van der Waals surface area (Å²) >= 11 is 0. The van der Waals surface area contributed by atoms with Crippen LogP contribution in [-0.4, -0.2) is 61.7 Å². The van der Waals surface area contributed by atoms with Crippen LogP contribution in [0.25, 0.3) is 0 Å². The van der Waals surface area contributed by atoms with E-state index in [4.69, 9.17) is 9.84 Å². The van der Waals surface area contributed by atoms with Crippen LogP contribution in [0.2, 0.25) is 0 Å². The van der Waals surface area contributed by atoms with Crippen LogP contribution in [0.1, 0.15) is 12.8 Å². The van der Waals surface area contributed by atoms with Gasteiger partial charge in [-0.1, -0.05) is 12.1 Å². The molecule has 1 amide bonds. The first-order chi connectivity index (χ1) is 13.0. The highest BCUT2D eigenvalue weighted by atomic mass is 16.5. The minimum absolute atomic E-state index is 0.0171. The number of para-hydroxylation sites is 2. The number of carboxylic acids is 1. The molecule has 0 unspecified atom stereocenters. The Morgan fingerprint density at radius 1 is 1.30 bits per heavy atom. The maximum absolute atomic E-state index is 12.1. The summed E-state index contributed by atoms with van der Waals surface area (Å²) in [5, 5.41) is 20.4. The van der Waals surface area contributed by atoms with Gasteiger partial charge in [-0.3, -0.25) is 9.59 Å². The molecule has 8 heteroatoms. The van der Waals surface area contributed by atoms with Crippen molar-refractivity contribution in [3.05, 3.63) is 36.0 Å². The maximum Gasteiger partial charge on any atom is 0.303 e. The molecule has 2 rings (SSSR count). The molecule has 1 heterocycles. The molecule has 1 aromatic carbocycles. The molecule has 8 nitrogen and oxygen atoms in total. The van der Waals surface area contributed by atoms with Crippen LogP contribution in [0.15, 0.2) is 36.0 Å². The number of aliphatic carboxylic acids is 1. The summed E-state index contributed by atoms with van der Waals surface area (Å²) < 4.78 is 5.40.